The van der Waals surface area contributed by atoms with E-state index >= 15 is 0 Å². The van der Waals surface area contributed by atoms with E-state index in [9.17, 15) is 33.9 Å². The lowest BCUT2D eigenvalue weighted by Gasteiger charge is -2.24. The molecule has 3 rings (SSSR count). The molecule has 0 aliphatic heterocycles. The highest BCUT2D eigenvalue weighted by Gasteiger charge is 2.35. The first-order valence-electron chi connectivity index (χ1n) is 14.9. The van der Waals surface area contributed by atoms with E-state index in [4.69, 9.17) is 0 Å². The maximum atomic E-state index is 13.4. The highest BCUT2D eigenvalue weighted by molar-refractivity contribution is 6.38. The van der Waals surface area contributed by atoms with Crippen molar-refractivity contribution in [3.05, 3.63) is 108 Å². The van der Waals surface area contributed by atoms with Crippen molar-refractivity contribution in [2.75, 3.05) is 0 Å². The van der Waals surface area contributed by atoms with Gasteiger partial charge in [-0.1, -0.05) is 91.0 Å². The molecule has 0 bridgehead atoms. The van der Waals surface area contributed by atoms with Gasteiger partial charge in [0, 0.05) is 25.2 Å². The monoisotopic (exact) mass is 612 g/mol. The van der Waals surface area contributed by atoms with Crippen molar-refractivity contribution in [2.24, 2.45) is 11.3 Å². The second-order valence-electron chi connectivity index (χ2n) is 11.9. The van der Waals surface area contributed by atoms with Gasteiger partial charge in [0.25, 0.3) is 5.91 Å². The smallest absolute Gasteiger partial charge is 0.309 e. The van der Waals surface area contributed by atoms with Gasteiger partial charge in [0.05, 0.1) is 17.5 Å². The summed E-state index contributed by atoms with van der Waals surface area (Å²) < 4.78 is 0. The van der Waals surface area contributed by atoms with E-state index in [0.717, 1.165) is 11.1 Å². The molecule has 0 saturated carbocycles. The van der Waals surface area contributed by atoms with Gasteiger partial charge in [0.2, 0.25) is 11.7 Å². The summed E-state index contributed by atoms with van der Waals surface area (Å²) in [4.78, 5) is 77.4. The van der Waals surface area contributed by atoms with Gasteiger partial charge in [0.15, 0.2) is 5.78 Å². The first kappa shape index (κ1) is 34.6. The zero-order valence-corrected chi connectivity index (χ0v) is 25.8. The highest BCUT2D eigenvalue weighted by atomic mass is 16.4. The molecular weight excluding hydrogens is 572 g/mol. The van der Waals surface area contributed by atoms with Crippen LogP contribution in [-0.2, 0) is 48.0 Å². The third-order valence-corrected chi connectivity index (χ3v) is 7.56. The Morgan fingerprint density at radius 2 is 1.20 bits per heavy atom. The number of benzene rings is 3. The molecule has 236 valence electrons. The van der Waals surface area contributed by atoms with Crippen molar-refractivity contribution >= 4 is 35.1 Å². The Labute approximate surface area is 263 Å². The Morgan fingerprint density at radius 3 is 1.71 bits per heavy atom. The van der Waals surface area contributed by atoms with Gasteiger partial charge >= 0.3 is 5.97 Å². The molecule has 9 nitrogen and oxygen atoms in total. The maximum absolute atomic E-state index is 13.4. The number of nitrogens with one attached hydrogen (secondary N) is 2. The summed E-state index contributed by atoms with van der Waals surface area (Å²) in [6, 6.07) is 24.8. The molecule has 0 aromatic heterocycles. The Kier molecular flexibility index (Phi) is 12.5. The second kappa shape index (κ2) is 16.2. The minimum atomic E-state index is -1.38. The van der Waals surface area contributed by atoms with Crippen molar-refractivity contribution in [2.45, 2.75) is 65.0 Å². The second-order valence-corrected chi connectivity index (χ2v) is 11.9. The minimum absolute atomic E-state index is 0.0534. The third kappa shape index (κ3) is 10.9. The van der Waals surface area contributed by atoms with Crippen molar-refractivity contribution in [1.82, 2.24) is 10.6 Å². The summed E-state index contributed by atoms with van der Waals surface area (Å²) in [6.45, 7) is 4.19. The van der Waals surface area contributed by atoms with Gasteiger partial charge < -0.3 is 15.7 Å². The first-order chi connectivity index (χ1) is 21.4. The lowest BCUT2D eigenvalue weighted by molar-refractivity contribution is -0.149. The SMILES string of the molecule is CC(NC(=O)[C@@H](CC(=O)Cc1ccccc1)Cc1ccccc1)C(=O)C(=O)N[C@@H](Cc1ccccc1)C(=O)CC(C)(C)C(=O)O. The molecular formula is C36H40N2O7. The largest absolute Gasteiger partial charge is 0.481 e. The normalized spacial score (nSPS) is 13.1. The van der Waals surface area contributed by atoms with E-state index in [2.05, 4.69) is 10.6 Å². The summed E-state index contributed by atoms with van der Waals surface area (Å²) in [5, 5.41) is 14.6. The molecule has 0 spiro atoms. The Morgan fingerprint density at radius 1 is 0.711 bits per heavy atom. The topological polar surface area (TPSA) is 147 Å². The lowest BCUT2D eigenvalue weighted by atomic mass is 9.84. The molecule has 3 N–H and O–H groups in total. The predicted octanol–water partition coefficient (Wildman–Crippen LogP) is 3.92. The standard InChI is InChI=1S/C36H40N2O7/c1-24(32(41)34(43)38-30(21-27-17-11-6-12-18-27)31(40)23-36(2,3)35(44)45)37-33(42)28(19-25-13-7-4-8-14-25)22-29(39)20-26-15-9-5-10-16-26/h4-18,24,28,30H,19-23H2,1-3H3,(H,37,42)(H,38,43)(H,44,45)/t24?,28-,30+/m1/s1. The summed E-state index contributed by atoms with van der Waals surface area (Å²) in [6.07, 6.45) is 0.0471. The van der Waals surface area contributed by atoms with Crippen LogP contribution in [0.3, 0.4) is 0 Å². The number of hydrogen-bond acceptors (Lipinski definition) is 6. The predicted molar refractivity (Wildman–Crippen MR) is 169 cm³/mol. The van der Waals surface area contributed by atoms with Crippen LogP contribution in [0.5, 0.6) is 0 Å². The van der Waals surface area contributed by atoms with E-state index in [0.29, 0.717) is 5.56 Å². The molecule has 2 amide bonds. The van der Waals surface area contributed by atoms with Crippen LogP contribution < -0.4 is 10.6 Å². The number of rotatable bonds is 17. The van der Waals surface area contributed by atoms with E-state index in [-0.39, 0.29) is 37.9 Å². The molecule has 3 atom stereocenters. The Balaban J connectivity index is 1.71. The van der Waals surface area contributed by atoms with Crippen molar-refractivity contribution in [1.29, 1.82) is 0 Å². The van der Waals surface area contributed by atoms with Crippen LogP contribution in [0.4, 0.5) is 0 Å². The number of carboxylic acid groups (broad SMARTS) is 1. The van der Waals surface area contributed by atoms with Crippen LogP contribution in [0, 0.1) is 11.3 Å². The van der Waals surface area contributed by atoms with Gasteiger partial charge in [-0.25, -0.2) is 0 Å². The molecule has 9 heteroatoms. The van der Waals surface area contributed by atoms with Gasteiger partial charge in [-0.15, -0.1) is 0 Å². The average Bonchev–Trinajstić information content (AvgIpc) is 3.01. The number of Topliss-reactive ketones (excluding diaryl/α,β-unsaturated/α-hetero) is 3. The van der Waals surface area contributed by atoms with E-state index < -0.39 is 52.8 Å². The van der Waals surface area contributed by atoms with Crippen molar-refractivity contribution in [3.8, 4) is 0 Å². The van der Waals surface area contributed by atoms with Crippen molar-refractivity contribution in [3.63, 3.8) is 0 Å². The van der Waals surface area contributed by atoms with E-state index in [1.54, 1.807) is 30.3 Å². The van der Waals surface area contributed by atoms with Crippen molar-refractivity contribution < 1.29 is 33.9 Å². The molecule has 45 heavy (non-hydrogen) atoms. The summed E-state index contributed by atoms with van der Waals surface area (Å²) in [5.74, 6) is -5.22. The molecule has 0 saturated heterocycles. The van der Waals surface area contributed by atoms with Crippen LogP contribution >= 0.6 is 0 Å². The minimum Gasteiger partial charge on any atom is -0.481 e. The van der Waals surface area contributed by atoms with Gasteiger partial charge in [-0.05, 0) is 50.3 Å². The summed E-state index contributed by atoms with van der Waals surface area (Å²) in [7, 11) is 0. The molecule has 0 aliphatic carbocycles. The molecule has 3 aromatic carbocycles. The third-order valence-electron chi connectivity index (χ3n) is 7.56. The Hall–Kier alpha value is -4.92. The number of carbonyl (C=O) groups is 6. The summed E-state index contributed by atoms with van der Waals surface area (Å²) in [5.41, 5.74) is 0.997. The molecule has 0 aliphatic rings. The zero-order chi connectivity index (χ0) is 33.0. The fraction of sp³-hybridized carbons (Fsp3) is 0.333. The van der Waals surface area contributed by atoms with Crippen LogP contribution in [0.1, 0.15) is 50.3 Å². The number of carboxylic acids is 1. The van der Waals surface area contributed by atoms with E-state index in [1.807, 2.05) is 60.7 Å². The van der Waals surface area contributed by atoms with Crippen LogP contribution in [0.15, 0.2) is 91.0 Å². The number of hydrogen-bond donors (Lipinski definition) is 3. The average molecular weight is 613 g/mol. The Bertz CT molecular complexity index is 1490. The van der Waals surface area contributed by atoms with Crippen LogP contribution in [0.25, 0.3) is 0 Å². The first-order valence-corrected chi connectivity index (χ1v) is 14.9. The zero-order valence-electron chi connectivity index (χ0n) is 25.8. The van der Waals surface area contributed by atoms with Gasteiger partial charge in [-0.2, -0.15) is 0 Å². The van der Waals surface area contributed by atoms with Crippen LogP contribution in [-0.4, -0.2) is 52.3 Å². The molecule has 1 unspecified atom stereocenters. The van der Waals surface area contributed by atoms with Gasteiger partial charge in [-0.3, -0.25) is 28.8 Å². The number of ketones is 3. The molecule has 0 heterocycles. The molecule has 3 aromatic rings. The quantitative estimate of drug-likeness (QED) is 0.196. The van der Waals surface area contributed by atoms with Crippen LogP contribution in [0.2, 0.25) is 0 Å². The fourth-order valence-electron chi connectivity index (χ4n) is 4.88. The molecule has 0 fully saturated rings. The highest BCUT2D eigenvalue weighted by Crippen LogP contribution is 2.22. The number of amides is 2. The maximum Gasteiger partial charge on any atom is 0.309 e. The number of aliphatic carboxylic acids is 1. The molecule has 0 radical (unpaired) electrons. The lowest BCUT2D eigenvalue weighted by Crippen LogP contribution is -2.52. The van der Waals surface area contributed by atoms with E-state index in [1.165, 1.54) is 20.8 Å². The summed E-state index contributed by atoms with van der Waals surface area (Å²) >= 11 is 0. The fourth-order valence-corrected chi connectivity index (χ4v) is 4.88. The van der Waals surface area contributed by atoms with Gasteiger partial charge in [0.1, 0.15) is 5.78 Å². The number of carbonyl (C=O) groups excluding carboxylic acids is 5.